The molecule has 4 nitrogen and oxygen atoms in total. The quantitative estimate of drug-likeness (QED) is 0.518. The van der Waals surface area contributed by atoms with Crippen LogP contribution in [0.25, 0.3) is 0 Å². The molecule has 2 rings (SSSR count). The maximum atomic E-state index is 3.47. The molecule has 0 unspecified atom stereocenters. The van der Waals surface area contributed by atoms with Crippen LogP contribution in [0, 0.1) is 12.4 Å². The van der Waals surface area contributed by atoms with Crippen LogP contribution in [0.4, 0.5) is 0 Å². The third-order valence-corrected chi connectivity index (χ3v) is 0.723. The van der Waals surface area contributed by atoms with Crippen LogP contribution < -0.4 is 0 Å². The number of aromatic amines is 2. The molecular weight excluding hydrogens is 235 g/mol. The first-order valence-electron chi connectivity index (χ1n) is 2.72. The molecule has 0 aliphatic carbocycles. The minimum Gasteiger partial charge on any atom is -0.382 e. The van der Waals surface area contributed by atoms with Gasteiger partial charge in [-0.1, -0.05) is 0 Å². The summed E-state index contributed by atoms with van der Waals surface area (Å²) in [6.45, 7) is 0. The van der Waals surface area contributed by atoms with Crippen molar-refractivity contribution in [2.45, 2.75) is 0 Å². The second-order valence-electron chi connectivity index (χ2n) is 1.41. The van der Waals surface area contributed by atoms with Crippen molar-refractivity contribution in [2.24, 2.45) is 0 Å². The molecule has 0 aliphatic heterocycles. The molecule has 0 saturated carbocycles. The average molecular weight is 241 g/mol. The van der Waals surface area contributed by atoms with Gasteiger partial charge in [0.1, 0.15) is 0 Å². The third kappa shape index (κ3) is 5.52. The minimum atomic E-state index is 0. The molecule has 0 amide bonds. The van der Waals surface area contributed by atoms with Gasteiger partial charge in [-0.2, -0.15) is 12.1 Å². The second kappa shape index (κ2) is 7.19. The fourth-order valence-electron chi connectivity index (χ4n) is 0.373. The summed E-state index contributed by atoms with van der Waals surface area (Å²) in [5, 5.41) is 12.1. The average Bonchev–Trinajstić information content (AvgIpc) is 2.67. The Kier molecular flexibility index (Phi) is 6.59. The van der Waals surface area contributed by atoms with Crippen LogP contribution in [0.5, 0.6) is 0 Å². The van der Waals surface area contributed by atoms with Gasteiger partial charge in [-0.3, -0.25) is 0 Å². The molecule has 2 aromatic heterocycles. The summed E-state index contributed by atoms with van der Waals surface area (Å²) < 4.78 is 0. The van der Waals surface area contributed by atoms with Crippen LogP contribution >= 0.6 is 0 Å². The Hall–Kier alpha value is -0.918. The third-order valence-electron chi connectivity index (χ3n) is 0.723. The van der Waals surface area contributed by atoms with Crippen molar-refractivity contribution in [3.05, 3.63) is 36.9 Å². The smallest absolute Gasteiger partial charge is 0.382 e. The predicted molar refractivity (Wildman–Crippen MR) is 34.8 cm³/mol. The van der Waals surface area contributed by atoms with Crippen LogP contribution in [-0.4, -0.2) is 20.4 Å². The largest absolute Gasteiger partial charge is 2.00 e. The summed E-state index contributed by atoms with van der Waals surface area (Å²) in [5.41, 5.74) is 0. The molecule has 60 valence electrons. The molecule has 2 N–H and O–H groups in total. The first-order chi connectivity index (χ1) is 5.00. The molecule has 11 heavy (non-hydrogen) atoms. The van der Waals surface area contributed by atoms with Gasteiger partial charge in [0, 0.05) is 0 Å². The Bertz CT molecular complexity index is 154. The van der Waals surface area contributed by atoms with E-state index >= 15 is 0 Å². The van der Waals surface area contributed by atoms with E-state index in [1.807, 2.05) is 0 Å². The van der Waals surface area contributed by atoms with Gasteiger partial charge in [0.25, 0.3) is 0 Å². The summed E-state index contributed by atoms with van der Waals surface area (Å²) in [5.74, 6) is 0. The summed E-state index contributed by atoms with van der Waals surface area (Å²) in [6.07, 6.45) is 8.53. The van der Waals surface area contributed by atoms with Crippen molar-refractivity contribution in [1.29, 1.82) is 0 Å². The SMILES string of the molecule is [Pd+2].[c-]1cc[nH]n1.[c-]1cc[nH]n1. The Morgan fingerprint density at radius 2 is 1.36 bits per heavy atom. The molecule has 0 radical (unpaired) electrons. The number of H-pyrrole nitrogens is 2. The molecule has 0 aliphatic rings. The Morgan fingerprint density at radius 1 is 0.909 bits per heavy atom. The van der Waals surface area contributed by atoms with Gasteiger partial charge in [-0.15, -0.1) is 24.8 Å². The molecular formula is C6H6N4Pd. The van der Waals surface area contributed by atoms with Gasteiger partial charge in [-0.25, -0.2) is 0 Å². The van der Waals surface area contributed by atoms with E-state index in [4.69, 9.17) is 0 Å². The van der Waals surface area contributed by atoms with E-state index in [1.165, 1.54) is 0 Å². The second-order valence-corrected chi connectivity index (χ2v) is 1.41. The van der Waals surface area contributed by atoms with Crippen molar-refractivity contribution >= 4 is 0 Å². The number of nitrogens with zero attached hydrogens (tertiary/aromatic N) is 2. The van der Waals surface area contributed by atoms with E-state index in [9.17, 15) is 0 Å². The monoisotopic (exact) mass is 240 g/mol. The first-order valence-corrected chi connectivity index (χ1v) is 2.72. The summed E-state index contributed by atoms with van der Waals surface area (Å²) in [4.78, 5) is 0. The number of hydrogen-bond acceptors (Lipinski definition) is 2. The molecule has 2 heterocycles. The van der Waals surface area contributed by atoms with Crippen LogP contribution in [0.2, 0.25) is 0 Å². The Morgan fingerprint density at radius 3 is 1.45 bits per heavy atom. The van der Waals surface area contributed by atoms with Crippen LogP contribution in [0.1, 0.15) is 0 Å². The maximum absolute atomic E-state index is 3.47. The zero-order valence-corrected chi connectivity index (χ0v) is 7.07. The Labute approximate surface area is 78.1 Å². The summed E-state index contributed by atoms with van der Waals surface area (Å²) in [7, 11) is 0. The van der Waals surface area contributed by atoms with Crippen LogP contribution in [-0.2, 0) is 20.4 Å². The number of aromatic nitrogens is 4. The number of hydrogen-bond donors (Lipinski definition) is 2. The van der Waals surface area contributed by atoms with Gasteiger partial charge in [0.05, 0.1) is 0 Å². The van der Waals surface area contributed by atoms with E-state index < -0.39 is 0 Å². The zero-order valence-electron chi connectivity index (χ0n) is 5.52. The zero-order chi connectivity index (χ0) is 7.07. The van der Waals surface area contributed by atoms with Crippen molar-refractivity contribution in [3.63, 3.8) is 0 Å². The molecule has 0 bridgehead atoms. The number of rotatable bonds is 0. The van der Waals surface area contributed by atoms with E-state index in [-0.39, 0.29) is 20.4 Å². The Balaban J connectivity index is 0.000000167. The van der Waals surface area contributed by atoms with Gasteiger partial charge in [-0.05, 0) is 0 Å². The van der Waals surface area contributed by atoms with E-state index in [0.717, 1.165) is 0 Å². The minimum absolute atomic E-state index is 0. The number of nitrogens with one attached hydrogen (secondary N) is 2. The molecule has 0 spiro atoms. The molecule has 0 saturated heterocycles. The first kappa shape index (κ1) is 10.1. The molecule has 0 atom stereocenters. The van der Waals surface area contributed by atoms with Gasteiger partial charge in [0.15, 0.2) is 0 Å². The maximum Gasteiger partial charge on any atom is 2.00 e. The van der Waals surface area contributed by atoms with Gasteiger partial charge < -0.3 is 20.4 Å². The summed E-state index contributed by atoms with van der Waals surface area (Å²) >= 11 is 0. The fourth-order valence-corrected chi connectivity index (χ4v) is 0.373. The molecule has 5 heteroatoms. The van der Waals surface area contributed by atoms with E-state index in [1.54, 1.807) is 24.5 Å². The summed E-state index contributed by atoms with van der Waals surface area (Å²) in [6, 6.07) is 3.42. The standard InChI is InChI=1S/2C3H3N2.Pd/c2*1-2-4-5-3-1;/h2*1-2H,(H,4,5);/q2*-1;+2. The van der Waals surface area contributed by atoms with Gasteiger partial charge in [0.2, 0.25) is 0 Å². The van der Waals surface area contributed by atoms with Crippen molar-refractivity contribution in [1.82, 2.24) is 20.4 Å². The van der Waals surface area contributed by atoms with Crippen molar-refractivity contribution in [2.75, 3.05) is 0 Å². The molecule has 0 aromatic carbocycles. The van der Waals surface area contributed by atoms with Crippen molar-refractivity contribution in [3.8, 4) is 0 Å². The topological polar surface area (TPSA) is 57.4 Å². The fraction of sp³-hybridized carbons (Fsp3) is 0. The van der Waals surface area contributed by atoms with E-state index in [0.29, 0.717) is 0 Å². The van der Waals surface area contributed by atoms with E-state index in [2.05, 4.69) is 32.8 Å². The van der Waals surface area contributed by atoms with Gasteiger partial charge >= 0.3 is 20.4 Å². The molecule has 2 aromatic rings. The van der Waals surface area contributed by atoms with Crippen molar-refractivity contribution < 1.29 is 20.4 Å². The normalized spacial score (nSPS) is 7.27. The predicted octanol–water partition coefficient (Wildman–Crippen LogP) is 0.417. The molecule has 0 fully saturated rings. The van der Waals surface area contributed by atoms with Crippen LogP contribution in [0.15, 0.2) is 24.5 Å². The van der Waals surface area contributed by atoms with Crippen LogP contribution in [0.3, 0.4) is 0 Å².